The smallest absolute Gasteiger partial charge is 0.101 e. The lowest BCUT2D eigenvalue weighted by molar-refractivity contribution is 1.10. The molecule has 0 aliphatic carbocycles. The number of rotatable bonds is 1. The quantitative estimate of drug-likeness (QED) is 0.649. The van der Waals surface area contributed by atoms with Gasteiger partial charge in [-0.3, -0.25) is 0 Å². The van der Waals surface area contributed by atoms with Crippen molar-refractivity contribution in [3.05, 3.63) is 34.4 Å². The third-order valence-corrected chi connectivity index (χ3v) is 2.10. The van der Waals surface area contributed by atoms with Crippen molar-refractivity contribution < 1.29 is 0 Å². The van der Waals surface area contributed by atoms with Crippen molar-refractivity contribution in [2.75, 3.05) is 0 Å². The zero-order chi connectivity index (χ0) is 9.84. The van der Waals surface area contributed by atoms with Crippen molar-refractivity contribution in [3.8, 4) is 12.1 Å². The van der Waals surface area contributed by atoms with Crippen LogP contribution in [-0.2, 0) is 6.42 Å². The second kappa shape index (κ2) is 3.74. The van der Waals surface area contributed by atoms with E-state index >= 15 is 0 Å². The summed E-state index contributed by atoms with van der Waals surface area (Å²) in [6.45, 7) is 4.00. The van der Waals surface area contributed by atoms with Gasteiger partial charge >= 0.3 is 0 Å². The minimum absolute atomic E-state index is 0.470. The van der Waals surface area contributed by atoms with E-state index in [-0.39, 0.29) is 0 Å². The molecule has 2 nitrogen and oxygen atoms in total. The standard InChI is InChI=1S/C11H10N2/c1-3-9-5-11(7-13)10(6-12)4-8(9)2/h4-5H,3H2,1-2H3. The highest BCUT2D eigenvalue weighted by Crippen LogP contribution is 2.15. The summed E-state index contributed by atoms with van der Waals surface area (Å²) < 4.78 is 0. The van der Waals surface area contributed by atoms with Gasteiger partial charge in [-0.15, -0.1) is 0 Å². The first-order valence-electron chi connectivity index (χ1n) is 4.16. The van der Waals surface area contributed by atoms with Crippen molar-refractivity contribution >= 4 is 0 Å². The normalized spacial score (nSPS) is 8.92. The molecule has 0 heterocycles. The summed E-state index contributed by atoms with van der Waals surface area (Å²) in [5, 5.41) is 17.5. The summed E-state index contributed by atoms with van der Waals surface area (Å²) in [6, 6.07) is 7.62. The van der Waals surface area contributed by atoms with Crippen molar-refractivity contribution in [1.29, 1.82) is 10.5 Å². The molecule has 1 aromatic carbocycles. The van der Waals surface area contributed by atoms with E-state index in [0.717, 1.165) is 17.5 Å². The second-order valence-electron chi connectivity index (χ2n) is 2.90. The molecule has 2 heteroatoms. The Labute approximate surface area is 78.0 Å². The monoisotopic (exact) mass is 170 g/mol. The average Bonchev–Trinajstić information content (AvgIpc) is 2.17. The average molecular weight is 170 g/mol. The molecule has 0 saturated heterocycles. The van der Waals surface area contributed by atoms with E-state index in [2.05, 4.69) is 0 Å². The highest BCUT2D eigenvalue weighted by molar-refractivity contribution is 5.50. The molecule has 1 rings (SSSR count). The Kier molecular flexibility index (Phi) is 2.67. The Morgan fingerprint density at radius 3 is 2.15 bits per heavy atom. The number of hydrogen-bond acceptors (Lipinski definition) is 2. The number of aryl methyl sites for hydroxylation is 2. The van der Waals surface area contributed by atoms with Crippen LogP contribution < -0.4 is 0 Å². The highest BCUT2D eigenvalue weighted by atomic mass is 14.3. The van der Waals surface area contributed by atoms with Gasteiger partial charge in [0.2, 0.25) is 0 Å². The van der Waals surface area contributed by atoms with Gasteiger partial charge in [0.15, 0.2) is 0 Å². The largest absolute Gasteiger partial charge is 0.192 e. The molecule has 0 amide bonds. The molecule has 0 N–H and O–H groups in total. The molecule has 64 valence electrons. The zero-order valence-electron chi connectivity index (χ0n) is 7.76. The molecule has 0 aromatic heterocycles. The Morgan fingerprint density at radius 1 is 1.15 bits per heavy atom. The molecule has 0 aliphatic rings. The molecule has 0 aliphatic heterocycles. The van der Waals surface area contributed by atoms with E-state index in [1.54, 1.807) is 12.1 Å². The molecule has 0 radical (unpaired) electrons. The summed E-state index contributed by atoms with van der Waals surface area (Å²) in [4.78, 5) is 0. The lowest BCUT2D eigenvalue weighted by Crippen LogP contribution is -1.92. The summed E-state index contributed by atoms with van der Waals surface area (Å²) >= 11 is 0. The minimum atomic E-state index is 0.470. The van der Waals surface area contributed by atoms with Crippen LogP contribution in [-0.4, -0.2) is 0 Å². The van der Waals surface area contributed by atoms with Gasteiger partial charge in [-0.2, -0.15) is 10.5 Å². The van der Waals surface area contributed by atoms with E-state index in [9.17, 15) is 0 Å². The van der Waals surface area contributed by atoms with E-state index in [1.807, 2.05) is 26.0 Å². The maximum atomic E-state index is 8.76. The molecular weight excluding hydrogens is 160 g/mol. The van der Waals surface area contributed by atoms with Crippen molar-refractivity contribution in [3.63, 3.8) is 0 Å². The fourth-order valence-corrected chi connectivity index (χ4v) is 1.32. The molecule has 0 atom stereocenters. The fraction of sp³-hybridized carbons (Fsp3) is 0.273. The summed E-state index contributed by atoms with van der Waals surface area (Å²) in [5.41, 5.74) is 3.16. The van der Waals surface area contributed by atoms with Gasteiger partial charge in [0, 0.05) is 0 Å². The molecular formula is C11H10N2. The highest BCUT2D eigenvalue weighted by Gasteiger charge is 2.04. The van der Waals surface area contributed by atoms with Gasteiger partial charge in [-0.1, -0.05) is 6.92 Å². The van der Waals surface area contributed by atoms with Crippen LogP contribution in [0, 0.1) is 29.6 Å². The molecule has 0 saturated carbocycles. The van der Waals surface area contributed by atoms with Crippen LogP contribution in [0.15, 0.2) is 12.1 Å². The van der Waals surface area contributed by atoms with Gasteiger partial charge in [0.05, 0.1) is 11.1 Å². The summed E-state index contributed by atoms with van der Waals surface area (Å²) in [7, 11) is 0. The third kappa shape index (κ3) is 1.68. The van der Waals surface area contributed by atoms with E-state index in [0.29, 0.717) is 11.1 Å². The molecule has 0 unspecified atom stereocenters. The van der Waals surface area contributed by atoms with Gasteiger partial charge in [0.1, 0.15) is 12.1 Å². The lowest BCUT2D eigenvalue weighted by Gasteiger charge is -2.03. The summed E-state index contributed by atoms with van der Waals surface area (Å²) in [5.74, 6) is 0. The maximum absolute atomic E-state index is 8.76. The van der Waals surface area contributed by atoms with E-state index in [1.165, 1.54) is 0 Å². The fourth-order valence-electron chi connectivity index (χ4n) is 1.32. The van der Waals surface area contributed by atoms with Crippen LogP contribution in [0.5, 0.6) is 0 Å². The Morgan fingerprint density at radius 2 is 1.69 bits per heavy atom. The first-order valence-corrected chi connectivity index (χ1v) is 4.16. The van der Waals surface area contributed by atoms with Crippen LogP contribution in [0.25, 0.3) is 0 Å². The predicted molar refractivity (Wildman–Crippen MR) is 50.0 cm³/mol. The van der Waals surface area contributed by atoms with Crippen LogP contribution in [0.3, 0.4) is 0 Å². The number of nitriles is 2. The third-order valence-electron chi connectivity index (χ3n) is 2.10. The molecule has 1 aromatic rings. The Hall–Kier alpha value is -1.80. The van der Waals surface area contributed by atoms with Crippen molar-refractivity contribution in [1.82, 2.24) is 0 Å². The zero-order valence-corrected chi connectivity index (χ0v) is 7.76. The van der Waals surface area contributed by atoms with Crippen molar-refractivity contribution in [2.45, 2.75) is 20.3 Å². The molecule has 13 heavy (non-hydrogen) atoms. The van der Waals surface area contributed by atoms with Gasteiger partial charge in [-0.25, -0.2) is 0 Å². The topological polar surface area (TPSA) is 47.6 Å². The number of nitrogens with zero attached hydrogens (tertiary/aromatic N) is 2. The van der Waals surface area contributed by atoms with E-state index < -0.39 is 0 Å². The molecule has 0 bridgehead atoms. The van der Waals surface area contributed by atoms with Gasteiger partial charge in [-0.05, 0) is 36.6 Å². The first kappa shape index (κ1) is 9.29. The van der Waals surface area contributed by atoms with Gasteiger partial charge < -0.3 is 0 Å². The molecule has 0 spiro atoms. The van der Waals surface area contributed by atoms with Crippen LogP contribution in [0.4, 0.5) is 0 Å². The Balaban J connectivity index is 3.39. The SMILES string of the molecule is CCc1cc(C#N)c(C#N)cc1C. The summed E-state index contributed by atoms with van der Waals surface area (Å²) in [6.07, 6.45) is 0.895. The van der Waals surface area contributed by atoms with Crippen LogP contribution in [0.2, 0.25) is 0 Å². The first-order chi connectivity index (χ1) is 6.22. The maximum Gasteiger partial charge on any atom is 0.101 e. The van der Waals surface area contributed by atoms with Crippen molar-refractivity contribution in [2.24, 2.45) is 0 Å². The Bertz CT molecular complexity index is 405. The number of hydrogen-bond donors (Lipinski definition) is 0. The second-order valence-corrected chi connectivity index (χ2v) is 2.90. The predicted octanol–water partition coefficient (Wildman–Crippen LogP) is 2.30. The number of benzene rings is 1. The minimum Gasteiger partial charge on any atom is -0.192 e. The lowest BCUT2D eigenvalue weighted by atomic mass is 9.99. The molecule has 0 fully saturated rings. The van der Waals surface area contributed by atoms with Crippen LogP contribution >= 0.6 is 0 Å². The van der Waals surface area contributed by atoms with Crippen LogP contribution in [0.1, 0.15) is 29.2 Å². The van der Waals surface area contributed by atoms with Gasteiger partial charge in [0.25, 0.3) is 0 Å². The van der Waals surface area contributed by atoms with E-state index in [4.69, 9.17) is 10.5 Å².